The largest absolute Gasteiger partial charge is 0.483 e. The smallest absolute Gasteiger partial charge is 0.290 e. The van der Waals surface area contributed by atoms with Crippen molar-refractivity contribution >= 4 is 23.3 Å². The van der Waals surface area contributed by atoms with E-state index in [2.05, 4.69) is 9.88 Å². The molecule has 2 aromatic rings. The van der Waals surface area contributed by atoms with Gasteiger partial charge in [-0.05, 0) is 44.0 Å². The molecule has 0 saturated carbocycles. The Balaban J connectivity index is 0.000000806. The molecule has 4 rings (SSSR count). The minimum Gasteiger partial charge on any atom is -0.483 e. The highest BCUT2D eigenvalue weighted by molar-refractivity contribution is 5.85. The molecule has 2 fully saturated rings. The lowest BCUT2D eigenvalue weighted by Crippen LogP contribution is -2.54. The first-order chi connectivity index (χ1) is 14.4. The molecule has 1 amide bonds. The molecule has 0 aliphatic carbocycles. The number of likely N-dealkylation sites (tertiary alicyclic amines) is 2. The van der Waals surface area contributed by atoms with Crippen LogP contribution in [0.3, 0.4) is 0 Å². The van der Waals surface area contributed by atoms with Crippen LogP contribution in [0.4, 0.5) is 0 Å². The van der Waals surface area contributed by atoms with Gasteiger partial charge in [0.15, 0.2) is 0 Å². The summed E-state index contributed by atoms with van der Waals surface area (Å²) in [4.78, 5) is 29.5. The summed E-state index contributed by atoms with van der Waals surface area (Å²) >= 11 is 0. The average molecular weight is 415 g/mol. The van der Waals surface area contributed by atoms with Crippen molar-refractivity contribution in [1.29, 1.82) is 0 Å². The molecule has 2 aliphatic rings. The maximum atomic E-state index is 12.9. The number of fused-ring (bicyclic) bond motifs is 1. The van der Waals surface area contributed by atoms with Gasteiger partial charge in [-0.3, -0.25) is 14.6 Å². The third kappa shape index (κ3) is 4.77. The van der Waals surface area contributed by atoms with Gasteiger partial charge in [-0.25, -0.2) is 0 Å². The number of nitrogens with zero attached hydrogens (tertiary/aromatic N) is 3. The van der Waals surface area contributed by atoms with E-state index >= 15 is 0 Å². The number of rotatable bonds is 3. The summed E-state index contributed by atoms with van der Waals surface area (Å²) in [6.45, 7) is 1.95. The third-order valence-electron chi connectivity index (χ3n) is 6.13. The maximum absolute atomic E-state index is 12.9. The van der Waals surface area contributed by atoms with Crippen LogP contribution in [-0.2, 0) is 16.0 Å². The Kier molecular flexibility index (Phi) is 7.02. The fraction of sp³-hybridized carbons (Fsp3) is 0.500. The lowest BCUT2D eigenvalue weighted by molar-refractivity contribution is -0.155. The molecule has 30 heavy (non-hydrogen) atoms. The number of aliphatic hydroxyl groups excluding tert-OH is 1. The van der Waals surface area contributed by atoms with Crippen LogP contribution >= 0.6 is 0 Å². The summed E-state index contributed by atoms with van der Waals surface area (Å²) in [6.07, 6.45) is 2.82. The molecule has 3 heterocycles. The van der Waals surface area contributed by atoms with Crippen LogP contribution in [0.1, 0.15) is 18.4 Å². The lowest BCUT2D eigenvalue weighted by Gasteiger charge is -2.37. The van der Waals surface area contributed by atoms with Gasteiger partial charge in [0.05, 0.1) is 11.6 Å². The number of pyridine rings is 1. The number of carboxylic acid groups (broad SMARTS) is 1. The molecule has 162 valence electrons. The van der Waals surface area contributed by atoms with Crippen molar-refractivity contribution in [2.24, 2.45) is 5.92 Å². The Morgan fingerprint density at radius 1 is 1.23 bits per heavy atom. The molecule has 0 spiro atoms. The molecule has 2 saturated heterocycles. The highest BCUT2D eigenvalue weighted by atomic mass is 16.3. The van der Waals surface area contributed by atoms with E-state index in [1.807, 2.05) is 37.4 Å². The second-order valence-electron chi connectivity index (χ2n) is 8.17. The van der Waals surface area contributed by atoms with Crippen molar-refractivity contribution in [3.8, 4) is 0 Å². The number of carbonyl (C=O) groups excluding carboxylic acids is 1. The van der Waals surface area contributed by atoms with E-state index in [1.54, 1.807) is 11.1 Å². The second kappa shape index (κ2) is 9.51. The quantitative estimate of drug-likeness (QED) is 0.634. The number of carbonyl (C=O) groups is 2. The number of β-amino-alcohol motifs (C(OH)–C–C–N with tert-alkyl or cyclic N) is 1. The summed E-state index contributed by atoms with van der Waals surface area (Å²) in [5.74, 6) is -0.258. The van der Waals surface area contributed by atoms with Crippen LogP contribution in [0.2, 0.25) is 0 Å². The Morgan fingerprint density at radius 2 is 1.90 bits per heavy atom. The SMILES string of the molecule is CN1CCC(O)(C(=O)N2C[C@@H](Cc3ccnc4ccccc34)[C@H](O)C2)CC1.O=CO. The molecule has 3 N–H and O–H groups in total. The number of para-hydroxylation sites is 1. The fourth-order valence-electron chi connectivity index (χ4n) is 4.33. The first-order valence-electron chi connectivity index (χ1n) is 10.2. The van der Waals surface area contributed by atoms with Gasteiger partial charge in [0.1, 0.15) is 5.60 Å². The lowest BCUT2D eigenvalue weighted by atomic mass is 9.90. The zero-order chi connectivity index (χ0) is 21.7. The normalized spacial score (nSPS) is 23.6. The standard InChI is InChI=1S/C21H27N3O3.CH2O2/c1-23-10-7-21(27,8-11-23)20(26)24-13-16(19(25)14-24)12-15-6-9-22-18-5-3-2-4-17(15)18;2-1-3/h2-6,9,16,19,25,27H,7-8,10-14H2,1H3;1H,(H,2,3)/t16-,19-;/m1./s1. The molecule has 0 bridgehead atoms. The van der Waals surface area contributed by atoms with Crippen LogP contribution < -0.4 is 0 Å². The van der Waals surface area contributed by atoms with Crippen molar-refractivity contribution in [1.82, 2.24) is 14.8 Å². The minimum absolute atomic E-state index is 0.0328. The van der Waals surface area contributed by atoms with Crippen molar-refractivity contribution in [2.75, 3.05) is 33.2 Å². The summed E-state index contributed by atoms with van der Waals surface area (Å²) in [5, 5.41) is 29.4. The average Bonchev–Trinajstić information content (AvgIpc) is 3.11. The van der Waals surface area contributed by atoms with E-state index in [1.165, 1.54) is 0 Å². The Morgan fingerprint density at radius 3 is 2.60 bits per heavy atom. The van der Waals surface area contributed by atoms with Gasteiger partial charge in [-0.15, -0.1) is 0 Å². The van der Waals surface area contributed by atoms with E-state index in [4.69, 9.17) is 9.90 Å². The predicted octanol–water partition coefficient (Wildman–Crippen LogP) is 0.754. The number of piperidine rings is 1. The zero-order valence-corrected chi connectivity index (χ0v) is 17.1. The van der Waals surface area contributed by atoms with E-state index < -0.39 is 11.7 Å². The molecule has 0 radical (unpaired) electrons. The number of benzene rings is 1. The van der Waals surface area contributed by atoms with Crippen LogP contribution in [0.25, 0.3) is 10.9 Å². The van der Waals surface area contributed by atoms with Crippen molar-refractivity contribution < 1.29 is 24.9 Å². The Bertz CT molecular complexity index is 877. The molecule has 2 atom stereocenters. The molecular weight excluding hydrogens is 386 g/mol. The van der Waals surface area contributed by atoms with Crippen molar-refractivity contribution in [2.45, 2.75) is 31.0 Å². The molecule has 8 heteroatoms. The third-order valence-corrected chi connectivity index (χ3v) is 6.13. The van der Waals surface area contributed by atoms with E-state index in [-0.39, 0.29) is 18.3 Å². The number of hydrogen-bond acceptors (Lipinski definition) is 6. The van der Waals surface area contributed by atoms with Gasteiger partial charge in [0.2, 0.25) is 0 Å². The second-order valence-corrected chi connectivity index (χ2v) is 8.17. The number of amides is 1. The molecule has 8 nitrogen and oxygen atoms in total. The van der Waals surface area contributed by atoms with Gasteiger partial charge in [-0.1, -0.05) is 18.2 Å². The molecule has 0 unspecified atom stereocenters. The number of aromatic nitrogens is 1. The zero-order valence-electron chi connectivity index (χ0n) is 17.1. The molecule has 1 aromatic carbocycles. The van der Waals surface area contributed by atoms with Crippen LogP contribution in [0, 0.1) is 5.92 Å². The predicted molar refractivity (Wildman–Crippen MR) is 112 cm³/mol. The maximum Gasteiger partial charge on any atom is 0.290 e. The monoisotopic (exact) mass is 415 g/mol. The Hall–Kier alpha value is -2.55. The minimum atomic E-state index is -1.29. The fourth-order valence-corrected chi connectivity index (χ4v) is 4.33. The van der Waals surface area contributed by atoms with Gasteiger partial charge < -0.3 is 25.1 Å². The van der Waals surface area contributed by atoms with Crippen molar-refractivity contribution in [3.63, 3.8) is 0 Å². The summed E-state index contributed by atoms with van der Waals surface area (Å²) in [7, 11) is 2.00. The Labute approximate surface area is 175 Å². The van der Waals surface area contributed by atoms with Crippen LogP contribution in [0.15, 0.2) is 36.5 Å². The summed E-state index contributed by atoms with van der Waals surface area (Å²) in [5.41, 5.74) is 0.790. The van der Waals surface area contributed by atoms with E-state index in [0.717, 1.165) is 16.5 Å². The van der Waals surface area contributed by atoms with E-state index in [9.17, 15) is 15.0 Å². The molecular formula is C22H29N3O5. The molecule has 2 aliphatic heterocycles. The summed E-state index contributed by atoms with van der Waals surface area (Å²) < 4.78 is 0. The van der Waals surface area contributed by atoms with E-state index in [0.29, 0.717) is 45.4 Å². The van der Waals surface area contributed by atoms with Crippen molar-refractivity contribution in [3.05, 3.63) is 42.1 Å². The summed E-state index contributed by atoms with van der Waals surface area (Å²) in [6, 6.07) is 9.97. The highest BCUT2D eigenvalue weighted by Crippen LogP contribution is 2.30. The first kappa shape index (κ1) is 22.1. The first-order valence-corrected chi connectivity index (χ1v) is 10.2. The molecule has 1 aromatic heterocycles. The van der Waals surface area contributed by atoms with Gasteiger partial charge >= 0.3 is 0 Å². The van der Waals surface area contributed by atoms with Gasteiger partial charge in [0, 0.05) is 43.7 Å². The van der Waals surface area contributed by atoms with Gasteiger partial charge in [-0.2, -0.15) is 0 Å². The van der Waals surface area contributed by atoms with Crippen LogP contribution in [-0.4, -0.2) is 87.4 Å². The van der Waals surface area contributed by atoms with Crippen LogP contribution in [0.5, 0.6) is 0 Å². The van der Waals surface area contributed by atoms with Gasteiger partial charge in [0.25, 0.3) is 12.4 Å². The number of hydrogen-bond donors (Lipinski definition) is 3. The highest BCUT2D eigenvalue weighted by Gasteiger charge is 2.45. The topological polar surface area (TPSA) is 114 Å². The number of aliphatic hydroxyl groups is 2.